The summed E-state index contributed by atoms with van der Waals surface area (Å²) in [6.45, 7) is 6.68. The predicted octanol–water partition coefficient (Wildman–Crippen LogP) is 0.893. The molecule has 0 aromatic rings. The zero-order valence-corrected chi connectivity index (χ0v) is 8.72. The first-order chi connectivity index (χ1) is 6.86. The number of carbonyl (C=O) groups is 1. The first-order valence-electron chi connectivity index (χ1n) is 5.06. The number of hydrogen-bond donors (Lipinski definition) is 0. The van der Waals surface area contributed by atoms with Gasteiger partial charge in [0.1, 0.15) is 0 Å². The molecule has 1 amide bonds. The van der Waals surface area contributed by atoms with Crippen molar-refractivity contribution in [3.63, 3.8) is 0 Å². The van der Waals surface area contributed by atoms with E-state index in [9.17, 15) is 4.79 Å². The third-order valence-electron chi connectivity index (χ3n) is 2.36. The lowest BCUT2D eigenvalue weighted by Gasteiger charge is -2.31. The normalized spacial score (nSPS) is 19.6. The van der Waals surface area contributed by atoms with Crippen molar-refractivity contribution in [3.8, 4) is 0 Å². The van der Waals surface area contributed by atoms with Crippen LogP contribution in [0.2, 0.25) is 0 Å². The zero-order chi connectivity index (χ0) is 10.2. The van der Waals surface area contributed by atoms with Crippen LogP contribution in [0.3, 0.4) is 0 Å². The fourth-order valence-electron chi connectivity index (χ4n) is 1.45. The van der Waals surface area contributed by atoms with Crippen molar-refractivity contribution in [1.82, 2.24) is 9.80 Å². The lowest BCUT2D eigenvalue weighted by atomic mass is 10.3. The minimum atomic E-state index is 0.862. The van der Waals surface area contributed by atoms with Gasteiger partial charge >= 0.3 is 0 Å². The highest BCUT2D eigenvalue weighted by Gasteiger charge is 2.13. The Morgan fingerprint density at radius 1 is 1.14 bits per heavy atom. The van der Waals surface area contributed by atoms with Crippen molar-refractivity contribution < 1.29 is 4.79 Å². The quantitative estimate of drug-likeness (QED) is 0.490. The van der Waals surface area contributed by atoms with Crippen molar-refractivity contribution in [1.29, 1.82) is 0 Å². The molecular formula is C11H18N2O. The van der Waals surface area contributed by atoms with Crippen LogP contribution in [0, 0.1) is 0 Å². The third kappa shape index (κ3) is 3.75. The second kappa shape index (κ2) is 6.38. The Kier molecular flexibility index (Phi) is 5.00. The highest BCUT2D eigenvalue weighted by atomic mass is 16.1. The molecule has 0 radical (unpaired) electrons. The Labute approximate surface area is 85.7 Å². The average molecular weight is 194 g/mol. The molecule has 0 aliphatic carbocycles. The largest absolute Gasteiger partial charge is 0.343 e. The van der Waals surface area contributed by atoms with Gasteiger partial charge in [0, 0.05) is 32.7 Å². The Hall–Kier alpha value is -1.09. The lowest BCUT2D eigenvalue weighted by Crippen LogP contribution is -2.45. The van der Waals surface area contributed by atoms with Gasteiger partial charge in [-0.05, 0) is 6.92 Å². The molecule has 14 heavy (non-hydrogen) atoms. The van der Waals surface area contributed by atoms with Gasteiger partial charge in [-0.3, -0.25) is 9.69 Å². The minimum absolute atomic E-state index is 0.862. The van der Waals surface area contributed by atoms with E-state index >= 15 is 0 Å². The molecule has 1 aliphatic rings. The van der Waals surface area contributed by atoms with Gasteiger partial charge in [-0.15, -0.1) is 0 Å². The van der Waals surface area contributed by atoms with Gasteiger partial charge in [0.05, 0.1) is 0 Å². The molecule has 1 aliphatic heterocycles. The molecule has 0 N–H and O–H groups in total. The molecule has 1 rings (SSSR count). The molecule has 3 nitrogen and oxygen atoms in total. The van der Waals surface area contributed by atoms with Gasteiger partial charge in [-0.2, -0.15) is 0 Å². The van der Waals surface area contributed by atoms with Crippen LogP contribution in [0.4, 0.5) is 0 Å². The number of carbonyl (C=O) groups excluding carboxylic acids is 1. The average Bonchev–Trinajstić information content (AvgIpc) is 2.25. The maximum atomic E-state index is 10.5. The molecule has 0 bridgehead atoms. The maximum absolute atomic E-state index is 10.5. The molecule has 0 saturated carbocycles. The standard InChI is InChI=1S/C11H18N2O/c1-2-3-4-5-6-12-7-9-13(11-14)10-8-12/h2-5,11H,6-10H2,1H3/b3-2-,5-4-. The van der Waals surface area contributed by atoms with E-state index in [1.165, 1.54) is 0 Å². The minimum Gasteiger partial charge on any atom is -0.343 e. The van der Waals surface area contributed by atoms with Crippen LogP contribution >= 0.6 is 0 Å². The first kappa shape index (κ1) is 11.0. The van der Waals surface area contributed by atoms with Crippen molar-refractivity contribution in [2.45, 2.75) is 6.92 Å². The Balaban J connectivity index is 2.18. The molecule has 78 valence electrons. The van der Waals surface area contributed by atoms with Gasteiger partial charge in [-0.1, -0.05) is 24.3 Å². The molecule has 1 fully saturated rings. The summed E-state index contributed by atoms with van der Waals surface area (Å²) in [5, 5.41) is 0. The summed E-state index contributed by atoms with van der Waals surface area (Å²) in [7, 11) is 0. The topological polar surface area (TPSA) is 23.6 Å². The van der Waals surface area contributed by atoms with E-state index in [2.05, 4.69) is 17.1 Å². The van der Waals surface area contributed by atoms with E-state index in [0.29, 0.717) is 0 Å². The second-order valence-electron chi connectivity index (χ2n) is 3.40. The van der Waals surface area contributed by atoms with E-state index in [1.807, 2.05) is 24.0 Å². The fraction of sp³-hybridized carbons (Fsp3) is 0.545. The smallest absolute Gasteiger partial charge is 0.209 e. The van der Waals surface area contributed by atoms with Crippen LogP contribution in [0.25, 0.3) is 0 Å². The van der Waals surface area contributed by atoms with E-state index in [4.69, 9.17) is 0 Å². The van der Waals surface area contributed by atoms with E-state index in [1.54, 1.807) is 0 Å². The summed E-state index contributed by atoms with van der Waals surface area (Å²) in [5.74, 6) is 0. The fourth-order valence-corrected chi connectivity index (χ4v) is 1.45. The SMILES string of the molecule is C/C=C\C=C/CN1CCN(C=O)CC1. The molecule has 0 atom stereocenters. The van der Waals surface area contributed by atoms with E-state index in [0.717, 1.165) is 39.1 Å². The highest BCUT2D eigenvalue weighted by Crippen LogP contribution is 1.98. The van der Waals surface area contributed by atoms with Gasteiger partial charge in [0.2, 0.25) is 6.41 Å². The molecule has 0 aromatic heterocycles. The van der Waals surface area contributed by atoms with Gasteiger partial charge in [0.15, 0.2) is 0 Å². The number of amides is 1. The summed E-state index contributed by atoms with van der Waals surface area (Å²) < 4.78 is 0. The van der Waals surface area contributed by atoms with Crippen LogP contribution in [0.5, 0.6) is 0 Å². The molecular weight excluding hydrogens is 176 g/mol. The van der Waals surface area contributed by atoms with Gasteiger partial charge in [0.25, 0.3) is 0 Å². The first-order valence-corrected chi connectivity index (χ1v) is 5.06. The van der Waals surface area contributed by atoms with Crippen molar-refractivity contribution in [3.05, 3.63) is 24.3 Å². The van der Waals surface area contributed by atoms with Crippen molar-refractivity contribution in [2.24, 2.45) is 0 Å². The van der Waals surface area contributed by atoms with Crippen LogP contribution in [0.1, 0.15) is 6.92 Å². The highest BCUT2D eigenvalue weighted by molar-refractivity contribution is 5.47. The summed E-state index contributed by atoms with van der Waals surface area (Å²) in [6, 6.07) is 0. The molecule has 0 spiro atoms. The van der Waals surface area contributed by atoms with E-state index in [-0.39, 0.29) is 0 Å². The predicted molar refractivity (Wildman–Crippen MR) is 58.0 cm³/mol. The van der Waals surface area contributed by atoms with Crippen LogP contribution in [0.15, 0.2) is 24.3 Å². The third-order valence-corrected chi connectivity index (χ3v) is 2.36. The Bertz CT molecular complexity index is 215. The van der Waals surface area contributed by atoms with Crippen molar-refractivity contribution in [2.75, 3.05) is 32.7 Å². The summed E-state index contributed by atoms with van der Waals surface area (Å²) in [4.78, 5) is 14.6. The van der Waals surface area contributed by atoms with Crippen LogP contribution in [-0.2, 0) is 4.79 Å². The Morgan fingerprint density at radius 2 is 1.86 bits per heavy atom. The summed E-state index contributed by atoms with van der Waals surface area (Å²) in [5.41, 5.74) is 0. The summed E-state index contributed by atoms with van der Waals surface area (Å²) >= 11 is 0. The monoisotopic (exact) mass is 194 g/mol. The maximum Gasteiger partial charge on any atom is 0.209 e. The number of hydrogen-bond acceptors (Lipinski definition) is 2. The molecule has 0 aromatic carbocycles. The number of allylic oxidation sites excluding steroid dienone is 3. The Morgan fingerprint density at radius 3 is 2.43 bits per heavy atom. The summed E-state index contributed by atoms with van der Waals surface area (Å²) in [6.07, 6.45) is 9.19. The number of piperazine rings is 1. The van der Waals surface area contributed by atoms with Gasteiger partial charge < -0.3 is 4.90 Å². The van der Waals surface area contributed by atoms with Crippen molar-refractivity contribution >= 4 is 6.41 Å². The van der Waals surface area contributed by atoms with Crippen LogP contribution in [-0.4, -0.2) is 48.9 Å². The van der Waals surface area contributed by atoms with Gasteiger partial charge in [-0.25, -0.2) is 0 Å². The number of rotatable bonds is 4. The molecule has 0 unspecified atom stereocenters. The van der Waals surface area contributed by atoms with Crippen LogP contribution < -0.4 is 0 Å². The number of nitrogens with zero attached hydrogens (tertiary/aromatic N) is 2. The molecule has 1 saturated heterocycles. The second-order valence-corrected chi connectivity index (χ2v) is 3.40. The van der Waals surface area contributed by atoms with E-state index < -0.39 is 0 Å². The lowest BCUT2D eigenvalue weighted by molar-refractivity contribution is -0.119. The molecule has 3 heteroatoms. The molecule has 1 heterocycles. The zero-order valence-electron chi connectivity index (χ0n) is 8.72.